The number of rotatable bonds is 2. The van der Waals surface area contributed by atoms with E-state index in [1.54, 1.807) is 24.3 Å². The lowest BCUT2D eigenvalue weighted by molar-refractivity contribution is 0.00287. The van der Waals surface area contributed by atoms with E-state index in [1.807, 2.05) is 18.2 Å². The molecule has 140 valence electrons. The van der Waals surface area contributed by atoms with E-state index >= 15 is 0 Å². The minimum absolute atomic E-state index is 0.150. The number of fused-ring (bicyclic) bond motifs is 1. The fraction of sp³-hybridized carbons (Fsp3) is 0.300. The fourth-order valence-corrected chi connectivity index (χ4v) is 5.11. The standard InChI is InChI=1S/C20H18BrFN2O2S/c21-15-6-7-17(22)16(10-15)20-12-26-9-8-14(20)11-27-19(24-20)23-18(25)13-4-2-1-3-5-13/h1-7,10,14H,8-9,11-12H2,(H,23,24,25)/t14-,20-/m0/s1. The van der Waals surface area contributed by atoms with Gasteiger partial charge in [-0.3, -0.25) is 4.79 Å². The Balaban J connectivity index is 1.71. The van der Waals surface area contributed by atoms with Crippen LogP contribution in [0.2, 0.25) is 0 Å². The van der Waals surface area contributed by atoms with Crippen molar-refractivity contribution in [3.05, 3.63) is 69.9 Å². The monoisotopic (exact) mass is 448 g/mol. The summed E-state index contributed by atoms with van der Waals surface area (Å²) in [6.07, 6.45) is 0.808. The number of ether oxygens (including phenoxy) is 1. The Morgan fingerprint density at radius 1 is 1.30 bits per heavy atom. The van der Waals surface area contributed by atoms with Crippen LogP contribution in [0, 0.1) is 11.7 Å². The topological polar surface area (TPSA) is 50.7 Å². The van der Waals surface area contributed by atoms with Gasteiger partial charge in [-0.15, -0.1) is 0 Å². The van der Waals surface area contributed by atoms with Gasteiger partial charge in [0.05, 0.1) is 6.61 Å². The zero-order valence-corrected chi connectivity index (χ0v) is 16.9. The van der Waals surface area contributed by atoms with Crippen LogP contribution < -0.4 is 5.32 Å². The van der Waals surface area contributed by atoms with E-state index in [1.165, 1.54) is 17.8 Å². The van der Waals surface area contributed by atoms with Gasteiger partial charge in [0.2, 0.25) is 0 Å². The second-order valence-electron chi connectivity index (χ2n) is 6.63. The minimum Gasteiger partial charge on any atom is -0.379 e. The zero-order chi connectivity index (χ0) is 18.9. The Labute approximate surface area is 169 Å². The Morgan fingerprint density at radius 2 is 2.11 bits per heavy atom. The van der Waals surface area contributed by atoms with Crippen molar-refractivity contribution in [1.29, 1.82) is 0 Å². The molecule has 0 bridgehead atoms. The Kier molecular flexibility index (Phi) is 5.34. The molecule has 2 atom stereocenters. The molecule has 2 aliphatic rings. The maximum absolute atomic E-state index is 14.7. The lowest BCUT2D eigenvalue weighted by Crippen LogP contribution is -2.49. The van der Waals surface area contributed by atoms with Crippen molar-refractivity contribution in [3.8, 4) is 0 Å². The molecule has 1 N–H and O–H groups in total. The number of thioether (sulfide) groups is 1. The van der Waals surface area contributed by atoms with Crippen LogP contribution in [-0.2, 0) is 10.3 Å². The Bertz CT molecular complexity index is 893. The minimum atomic E-state index is -0.823. The third kappa shape index (κ3) is 3.68. The molecule has 1 amide bonds. The van der Waals surface area contributed by atoms with Crippen LogP contribution in [0.25, 0.3) is 0 Å². The summed E-state index contributed by atoms with van der Waals surface area (Å²) in [7, 11) is 0. The largest absolute Gasteiger partial charge is 0.379 e. The zero-order valence-electron chi connectivity index (χ0n) is 14.5. The number of aliphatic imine (C=N–C) groups is 1. The molecule has 27 heavy (non-hydrogen) atoms. The molecule has 2 aromatic carbocycles. The van der Waals surface area contributed by atoms with Gasteiger partial charge in [-0.1, -0.05) is 45.9 Å². The summed E-state index contributed by atoms with van der Waals surface area (Å²) in [5.74, 6) is 0.376. The first-order valence-electron chi connectivity index (χ1n) is 8.71. The van der Waals surface area contributed by atoms with Crippen LogP contribution in [0.5, 0.6) is 0 Å². The molecule has 0 saturated carbocycles. The van der Waals surface area contributed by atoms with Gasteiger partial charge in [-0.25, -0.2) is 9.38 Å². The number of nitrogens with one attached hydrogen (secondary N) is 1. The van der Waals surface area contributed by atoms with Crippen molar-refractivity contribution >= 4 is 38.8 Å². The van der Waals surface area contributed by atoms with E-state index in [0.717, 1.165) is 16.6 Å². The maximum Gasteiger partial charge on any atom is 0.257 e. The van der Waals surface area contributed by atoms with Crippen molar-refractivity contribution in [2.24, 2.45) is 10.9 Å². The second-order valence-corrected chi connectivity index (χ2v) is 8.56. The first kappa shape index (κ1) is 18.7. The van der Waals surface area contributed by atoms with E-state index in [-0.39, 0.29) is 17.6 Å². The summed E-state index contributed by atoms with van der Waals surface area (Å²) >= 11 is 4.93. The smallest absolute Gasteiger partial charge is 0.257 e. The number of halogens is 2. The predicted molar refractivity (Wildman–Crippen MR) is 109 cm³/mol. The van der Waals surface area contributed by atoms with Crippen molar-refractivity contribution in [2.75, 3.05) is 19.0 Å². The molecule has 7 heteroatoms. The number of amidine groups is 1. The number of hydrogen-bond acceptors (Lipinski definition) is 4. The molecule has 2 aromatic rings. The van der Waals surface area contributed by atoms with Gasteiger partial charge in [0.25, 0.3) is 5.91 Å². The summed E-state index contributed by atoms with van der Waals surface area (Å²) < 4.78 is 21.2. The van der Waals surface area contributed by atoms with Crippen molar-refractivity contribution in [1.82, 2.24) is 5.32 Å². The number of amides is 1. The average molecular weight is 449 g/mol. The first-order chi connectivity index (χ1) is 13.1. The number of benzene rings is 2. The van der Waals surface area contributed by atoms with Gasteiger partial charge in [-0.05, 0) is 36.8 Å². The molecule has 4 rings (SSSR count). The summed E-state index contributed by atoms with van der Waals surface area (Å²) in [6.45, 7) is 0.945. The molecule has 0 aromatic heterocycles. The molecule has 1 fully saturated rings. The number of carbonyl (C=O) groups is 1. The molecule has 1 saturated heterocycles. The quantitative estimate of drug-likeness (QED) is 0.742. The second kappa shape index (κ2) is 7.73. The Morgan fingerprint density at radius 3 is 2.93 bits per heavy atom. The van der Waals surface area contributed by atoms with Gasteiger partial charge < -0.3 is 10.1 Å². The van der Waals surface area contributed by atoms with Gasteiger partial charge in [-0.2, -0.15) is 0 Å². The third-order valence-corrected chi connectivity index (χ3v) is 6.51. The summed E-state index contributed by atoms with van der Waals surface area (Å²) in [4.78, 5) is 17.4. The fourth-order valence-electron chi connectivity index (χ4n) is 3.56. The molecular formula is C20H18BrFN2O2S. The lowest BCUT2D eigenvalue weighted by atomic mass is 9.76. The summed E-state index contributed by atoms with van der Waals surface area (Å²) in [5, 5.41) is 3.39. The third-order valence-electron chi connectivity index (χ3n) is 4.98. The highest BCUT2D eigenvalue weighted by Crippen LogP contribution is 2.46. The molecule has 2 heterocycles. The van der Waals surface area contributed by atoms with Gasteiger partial charge >= 0.3 is 0 Å². The van der Waals surface area contributed by atoms with Gasteiger partial charge in [0.1, 0.15) is 11.4 Å². The molecular weight excluding hydrogens is 431 g/mol. The highest BCUT2D eigenvalue weighted by atomic mass is 79.9. The van der Waals surface area contributed by atoms with Crippen LogP contribution in [-0.4, -0.2) is 30.0 Å². The van der Waals surface area contributed by atoms with Crippen LogP contribution >= 0.6 is 27.7 Å². The van der Waals surface area contributed by atoms with Gasteiger partial charge in [0.15, 0.2) is 5.17 Å². The van der Waals surface area contributed by atoms with Crippen molar-refractivity contribution < 1.29 is 13.9 Å². The molecule has 4 nitrogen and oxygen atoms in total. The predicted octanol–water partition coefficient (Wildman–Crippen LogP) is 4.35. The van der Waals surface area contributed by atoms with Crippen LogP contribution in [0.15, 0.2) is 58.0 Å². The highest BCUT2D eigenvalue weighted by Gasteiger charge is 2.47. The van der Waals surface area contributed by atoms with E-state index in [4.69, 9.17) is 9.73 Å². The summed E-state index contributed by atoms with van der Waals surface area (Å²) in [6, 6.07) is 13.9. The van der Waals surface area contributed by atoms with E-state index in [0.29, 0.717) is 29.5 Å². The van der Waals surface area contributed by atoms with Crippen LogP contribution in [0.1, 0.15) is 22.3 Å². The lowest BCUT2D eigenvalue weighted by Gasteiger charge is -2.44. The number of nitrogens with zero attached hydrogens (tertiary/aromatic N) is 1. The van der Waals surface area contributed by atoms with E-state index in [9.17, 15) is 9.18 Å². The molecule has 2 aliphatic heterocycles. The SMILES string of the molecule is O=C(NC1=N[C@@]2(c3cc(Br)ccc3F)COCC[C@H]2CS1)c1ccccc1. The molecule has 0 spiro atoms. The maximum atomic E-state index is 14.7. The van der Waals surface area contributed by atoms with Crippen LogP contribution in [0.3, 0.4) is 0 Å². The normalized spacial score (nSPS) is 24.7. The number of hydrogen-bond donors (Lipinski definition) is 1. The number of carbonyl (C=O) groups excluding carboxylic acids is 1. The average Bonchev–Trinajstić information content (AvgIpc) is 2.70. The Hall–Kier alpha value is -1.70. The van der Waals surface area contributed by atoms with Crippen molar-refractivity contribution in [2.45, 2.75) is 12.0 Å². The molecule has 0 unspecified atom stereocenters. The van der Waals surface area contributed by atoms with Gasteiger partial charge in [0, 0.05) is 33.9 Å². The molecule has 0 radical (unpaired) electrons. The molecule has 0 aliphatic carbocycles. The first-order valence-corrected chi connectivity index (χ1v) is 10.5. The highest BCUT2D eigenvalue weighted by molar-refractivity contribution is 9.10. The van der Waals surface area contributed by atoms with Crippen molar-refractivity contribution in [3.63, 3.8) is 0 Å². The van der Waals surface area contributed by atoms with E-state index < -0.39 is 5.54 Å². The summed E-state index contributed by atoms with van der Waals surface area (Å²) in [5.41, 5.74) is 0.246. The van der Waals surface area contributed by atoms with E-state index in [2.05, 4.69) is 21.2 Å². The van der Waals surface area contributed by atoms with Crippen LogP contribution in [0.4, 0.5) is 4.39 Å².